The normalized spacial score (nSPS) is 22.6. The van der Waals surface area contributed by atoms with Crippen LogP contribution >= 0.6 is 0 Å². The summed E-state index contributed by atoms with van der Waals surface area (Å²) in [5.41, 5.74) is 5.01. The fraction of sp³-hybridized carbons (Fsp3) is 0.881. The highest BCUT2D eigenvalue weighted by molar-refractivity contribution is 5.77. The first-order valence-electron chi connectivity index (χ1n) is 22.3. The number of amides is 4. The van der Waals surface area contributed by atoms with E-state index in [0.717, 1.165) is 51.4 Å². The van der Waals surface area contributed by atoms with Gasteiger partial charge < -0.3 is 75.4 Å². The molecule has 0 saturated carbocycles. The van der Waals surface area contributed by atoms with Gasteiger partial charge in [0, 0.05) is 73.1 Å². The summed E-state index contributed by atoms with van der Waals surface area (Å²) < 4.78 is 32.7. The van der Waals surface area contributed by atoms with E-state index in [1.807, 2.05) is 0 Å². The zero-order valence-corrected chi connectivity index (χ0v) is 37.2. The summed E-state index contributed by atoms with van der Waals surface area (Å²) in [7, 11) is 3.06. The molecule has 2 rings (SSSR count). The number of esters is 1. The van der Waals surface area contributed by atoms with Gasteiger partial charge in [-0.3, -0.25) is 24.0 Å². The second kappa shape index (κ2) is 31.7. The molecule has 0 aromatic rings. The predicted octanol–water partition coefficient (Wildman–Crippen LogP) is -0.457. The standard InChI is InChI=1S/C42H77N5O15/c1-30(49)61-26-33-39(55)40(56)38(43)41(62-33)60-21-13-12-15-34(51)44-19-14-20-45-35(52)18-22-59-29-42(27-57-2,28-58-3)46-36(53)16-10-8-6-4-5-7-9-11-17-37(54)47-24-32(50)23-31(47)25-48/h31-33,38-41,48,50,55-56H,4-29,43H2,1-3H3,(H,44,51)(H,45,52)(H,46,53)/t31-,32+,33?,38?,39?,40?,41?/m0/s1. The van der Waals surface area contributed by atoms with Crippen molar-refractivity contribution in [1.82, 2.24) is 20.9 Å². The number of hydrogen-bond acceptors (Lipinski definition) is 16. The minimum absolute atomic E-state index is 0.00128. The molecule has 0 spiro atoms. The lowest BCUT2D eigenvalue weighted by Crippen LogP contribution is -2.62. The van der Waals surface area contributed by atoms with Crippen LogP contribution in [-0.2, 0) is 52.4 Å². The highest BCUT2D eigenvalue weighted by Crippen LogP contribution is 2.22. The monoisotopic (exact) mass is 892 g/mol. The van der Waals surface area contributed by atoms with Crippen LogP contribution in [0.5, 0.6) is 0 Å². The second-order valence-corrected chi connectivity index (χ2v) is 16.4. The van der Waals surface area contributed by atoms with E-state index >= 15 is 0 Å². The molecule has 2 aliphatic heterocycles. The number of nitrogens with one attached hydrogen (secondary N) is 3. The van der Waals surface area contributed by atoms with Gasteiger partial charge in [0.05, 0.1) is 51.2 Å². The van der Waals surface area contributed by atoms with Gasteiger partial charge in [0.2, 0.25) is 23.6 Å². The van der Waals surface area contributed by atoms with Crippen LogP contribution in [0.3, 0.4) is 0 Å². The Hall–Kier alpha value is -3.05. The van der Waals surface area contributed by atoms with Gasteiger partial charge in [-0.15, -0.1) is 0 Å². The zero-order chi connectivity index (χ0) is 45.8. The van der Waals surface area contributed by atoms with Crippen molar-refractivity contribution in [2.75, 3.05) is 80.1 Å². The van der Waals surface area contributed by atoms with Crippen LogP contribution in [0.15, 0.2) is 0 Å². The Morgan fingerprint density at radius 2 is 1.32 bits per heavy atom. The first-order chi connectivity index (χ1) is 29.7. The van der Waals surface area contributed by atoms with E-state index in [4.69, 9.17) is 34.2 Å². The molecule has 9 N–H and O–H groups in total. The lowest BCUT2D eigenvalue weighted by atomic mass is 9.98. The number of carbonyl (C=O) groups is 5. The topological polar surface area (TPSA) is 287 Å². The van der Waals surface area contributed by atoms with Crippen LogP contribution in [0.25, 0.3) is 0 Å². The van der Waals surface area contributed by atoms with Crippen molar-refractivity contribution in [3.63, 3.8) is 0 Å². The third-order valence-electron chi connectivity index (χ3n) is 10.8. The molecule has 2 fully saturated rings. The van der Waals surface area contributed by atoms with Crippen LogP contribution in [0, 0.1) is 0 Å². The molecule has 0 bridgehead atoms. The van der Waals surface area contributed by atoms with Gasteiger partial charge in [-0.25, -0.2) is 0 Å². The van der Waals surface area contributed by atoms with Gasteiger partial charge in [0.15, 0.2) is 6.29 Å². The molecule has 2 heterocycles. The lowest BCUT2D eigenvalue weighted by Gasteiger charge is -2.40. The first-order valence-corrected chi connectivity index (χ1v) is 22.3. The molecule has 20 nitrogen and oxygen atoms in total. The SMILES string of the molecule is COCC(COC)(COCCC(=O)NCCCNC(=O)CCCCOC1OC(COC(C)=O)C(O)C(O)C1N)NC(=O)CCCCCCCCCCC(=O)N1C[C@H](O)C[C@H]1CO. The minimum Gasteiger partial charge on any atom is -0.463 e. The van der Waals surface area contributed by atoms with Gasteiger partial charge >= 0.3 is 5.97 Å². The summed E-state index contributed by atoms with van der Waals surface area (Å²) >= 11 is 0. The van der Waals surface area contributed by atoms with E-state index in [0.29, 0.717) is 58.2 Å². The van der Waals surface area contributed by atoms with Crippen molar-refractivity contribution in [2.24, 2.45) is 5.73 Å². The highest BCUT2D eigenvalue weighted by atomic mass is 16.7. The largest absolute Gasteiger partial charge is 0.463 e. The number of carbonyl (C=O) groups excluding carboxylic acids is 5. The number of rotatable bonds is 34. The van der Waals surface area contributed by atoms with E-state index in [-0.39, 0.29) is 88.8 Å². The van der Waals surface area contributed by atoms with Crippen LogP contribution in [-0.4, -0.2) is 183 Å². The van der Waals surface area contributed by atoms with Gasteiger partial charge in [0.1, 0.15) is 30.5 Å². The summed E-state index contributed by atoms with van der Waals surface area (Å²) in [5.74, 6) is -1.05. The predicted molar refractivity (Wildman–Crippen MR) is 225 cm³/mol. The van der Waals surface area contributed by atoms with Crippen molar-refractivity contribution in [2.45, 2.75) is 158 Å². The number of methoxy groups -OCH3 is 2. The number of nitrogens with two attached hydrogens (primary N) is 1. The number of β-amino-alcohol motifs (C(OH)–C–C–N with tert-alkyl or cyclic N) is 1. The fourth-order valence-electron chi connectivity index (χ4n) is 7.46. The van der Waals surface area contributed by atoms with Gasteiger partial charge in [0.25, 0.3) is 0 Å². The molecule has 20 heteroatoms. The maximum absolute atomic E-state index is 12.9. The number of hydrogen-bond donors (Lipinski definition) is 8. The summed E-state index contributed by atoms with van der Waals surface area (Å²) in [6, 6.07) is -1.28. The Morgan fingerprint density at radius 1 is 0.742 bits per heavy atom. The van der Waals surface area contributed by atoms with Crippen molar-refractivity contribution in [1.29, 1.82) is 0 Å². The summed E-state index contributed by atoms with van der Waals surface area (Å²) in [4.78, 5) is 62.7. The molecule has 0 aromatic carbocycles. The number of unbranched alkanes of at least 4 members (excludes halogenated alkanes) is 8. The minimum atomic E-state index is -1.34. The zero-order valence-electron chi connectivity index (χ0n) is 37.2. The molecule has 0 radical (unpaired) electrons. The van der Waals surface area contributed by atoms with Crippen molar-refractivity contribution >= 4 is 29.6 Å². The van der Waals surface area contributed by atoms with E-state index in [9.17, 15) is 44.4 Å². The van der Waals surface area contributed by atoms with Crippen molar-refractivity contribution < 1.29 is 72.8 Å². The van der Waals surface area contributed by atoms with E-state index in [2.05, 4.69) is 16.0 Å². The number of nitrogens with zero attached hydrogens (tertiary/aromatic N) is 1. The Kier molecular flexibility index (Phi) is 28.2. The molecule has 7 atom stereocenters. The Balaban J connectivity index is 1.51. The van der Waals surface area contributed by atoms with Crippen molar-refractivity contribution in [3.05, 3.63) is 0 Å². The number of ether oxygens (including phenoxy) is 6. The quantitative estimate of drug-likeness (QED) is 0.0300. The van der Waals surface area contributed by atoms with E-state index < -0.39 is 48.3 Å². The van der Waals surface area contributed by atoms with Gasteiger partial charge in [-0.1, -0.05) is 38.5 Å². The summed E-state index contributed by atoms with van der Waals surface area (Å²) in [5, 5.41) is 48.2. The first kappa shape index (κ1) is 55.1. The average molecular weight is 892 g/mol. The second-order valence-electron chi connectivity index (χ2n) is 16.4. The van der Waals surface area contributed by atoms with Crippen LogP contribution in [0.1, 0.15) is 110 Å². The third-order valence-corrected chi connectivity index (χ3v) is 10.8. The molecule has 62 heavy (non-hydrogen) atoms. The summed E-state index contributed by atoms with van der Waals surface area (Å²) in [6.07, 6.45) is 5.45. The maximum atomic E-state index is 12.9. The van der Waals surface area contributed by atoms with Gasteiger partial charge in [-0.05, 0) is 38.5 Å². The molecule has 0 aliphatic carbocycles. The smallest absolute Gasteiger partial charge is 0.302 e. The maximum Gasteiger partial charge on any atom is 0.302 e. The molecule has 2 aliphatic rings. The van der Waals surface area contributed by atoms with Crippen LogP contribution in [0.4, 0.5) is 0 Å². The Labute approximate surface area is 366 Å². The molecule has 360 valence electrons. The number of aliphatic hydroxyl groups is 4. The Morgan fingerprint density at radius 3 is 1.94 bits per heavy atom. The van der Waals surface area contributed by atoms with Crippen molar-refractivity contribution in [3.8, 4) is 0 Å². The lowest BCUT2D eigenvalue weighted by molar-refractivity contribution is -0.267. The number of aliphatic hydroxyl groups excluding tert-OH is 4. The van der Waals surface area contributed by atoms with Crippen LogP contribution < -0.4 is 21.7 Å². The molecule has 4 amide bonds. The van der Waals surface area contributed by atoms with Crippen LogP contribution in [0.2, 0.25) is 0 Å². The molecular formula is C42H77N5O15. The molecule has 2 saturated heterocycles. The highest BCUT2D eigenvalue weighted by Gasteiger charge is 2.43. The molecule has 5 unspecified atom stereocenters. The average Bonchev–Trinajstić information content (AvgIpc) is 3.63. The fourth-order valence-corrected chi connectivity index (χ4v) is 7.46. The van der Waals surface area contributed by atoms with Gasteiger partial charge in [-0.2, -0.15) is 0 Å². The third kappa shape index (κ3) is 22.0. The van der Waals surface area contributed by atoms with E-state index in [1.165, 1.54) is 21.1 Å². The number of likely N-dealkylation sites (tertiary alicyclic amines) is 1. The van der Waals surface area contributed by atoms with E-state index in [1.54, 1.807) is 4.90 Å². The molecular weight excluding hydrogens is 814 g/mol. The summed E-state index contributed by atoms with van der Waals surface area (Å²) in [6.45, 7) is 2.61. The molecule has 0 aromatic heterocycles. The Bertz CT molecular complexity index is 1290.